The third-order valence-electron chi connectivity index (χ3n) is 2.33. The lowest BCUT2D eigenvalue weighted by atomic mass is 9.95. The molecule has 0 bridgehead atoms. The van der Waals surface area contributed by atoms with Crippen LogP contribution in [0.5, 0.6) is 0 Å². The van der Waals surface area contributed by atoms with Crippen LogP contribution in [0.15, 0.2) is 0 Å². The van der Waals surface area contributed by atoms with Crippen molar-refractivity contribution in [3.05, 3.63) is 0 Å². The Morgan fingerprint density at radius 2 is 2.31 bits per heavy atom. The fourth-order valence-electron chi connectivity index (χ4n) is 1.72. The van der Waals surface area contributed by atoms with E-state index in [1.165, 1.54) is 6.42 Å². The number of ether oxygens (including phenoxy) is 2. The van der Waals surface area contributed by atoms with Crippen molar-refractivity contribution in [2.75, 3.05) is 19.8 Å². The molecule has 1 heterocycles. The van der Waals surface area contributed by atoms with Crippen molar-refractivity contribution in [1.82, 2.24) is 0 Å². The molecule has 0 saturated carbocycles. The second-order valence-electron chi connectivity index (χ2n) is 4.19. The third kappa shape index (κ3) is 4.07. The Morgan fingerprint density at radius 3 is 2.92 bits per heavy atom. The highest BCUT2D eigenvalue weighted by Gasteiger charge is 2.28. The molecule has 3 heteroatoms. The molecule has 0 aromatic carbocycles. The molecule has 0 aliphatic carbocycles. The first-order chi connectivity index (χ1) is 6.14. The minimum absolute atomic E-state index is 0.00545. The van der Waals surface area contributed by atoms with Gasteiger partial charge < -0.3 is 14.6 Å². The summed E-state index contributed by atoms with van der Waals surface area (Å²) in [5.74, 6) is 0. The van der Waals surface area contributed by atoms with Crippen LogP contribution in [0.4, 0.5) is 0 Å². The molecule has 0 aromatic heterocycles. The molecular weight excluding hydrogens is 168 g/mol. The van der Waals surface area contributed by atoms with Crippen LogP contribution in [0.3, 0.4) is 0 Å². The number of hydrogen-bond donors (Lipinski definition) is 1. The van der Waals surface area contributed by atoms with E-state index < -0.39 is 0 Å². The quantitative estimate of drug-likeness (QED) is 0.677. The van der Waals surface area contributed by atoms with Gasteiger partial charge in [-0.05, 0) is 33.1 Å². The molecule has 1 unspecified atom stereocenters. The molecule has 1 aliphatic rings. The lowest BCUT2D eigenvalue weighted by Gasteiger charge is -2.35. The molecule has 1 fully saturated rings. The maximum absolute atomic E-state index is 8.53. The van der Waals surface area contributed by atoms with E-state index in [0.29, 0.717) is 13.2 Å². The first-order valence-corrected chi connectivity index (χ1v) is 5.00. The highest BCUT2D eigenvalue weighted by atomic mass is 16.5. The standard InChI is InChI=1S/C10H20O3/c1-10(2)5-3-4-9(13-10)8-12-7-6-11/h9,11H,3-8H2,1-2H3. The fraction of sp³-hybridized carbons (Fsp3) is 1.00. The van der Waals surface area contributed by atoms with Crippen molar-refractivity contribution in [2.45, 2.75) is 44.8 Å². The van der Waals surface area contributed by atoms with Crippen molar-refractivity contribution in [1.29, 1.82) is 0 Å². The zero-order valence-corrected chi connectivity index (χ0v) is 8.58. The second-order valence-corrected chi connectivity index (χ2v) is 4.19. The van der Waals surface area contributed by atoms with Crippen LogP contribution in [0.1, 0.15) is 33.1 Å². The fourth-order valence-corrected chi connectivity index (χ4v) is 1.72. The minimum Gasteiger partial charge on any atom is -0.394 e. The van der Waals surface area contributed by atoms with E-state index in [0.717, 1.165) is 12.8 Å². The molecule has 1 rings (SSSR count). The van der Waals surface area contributed by atoms with Crippen LogP contribution in [0.25, 0.3) is 0 Å². The third-order valence-corrected chi connectivity index (χ3v) is 2.33. The van der Waals surface area contributed by atoms with Crippen molar-refractivity contribution in [3.8, 4) is 0 Å². The number of aliphatic hydroxyl groups excluding tert-OH is 1. The number of rotatable bonds is 4. The van der Waals surface area contributed by atoms with Crippen LogP contribution in [-0.2, 0) is 9.47 Å². The van der Waals surface area contributed by atoms with Crippen LogP contribution >= 0.6 is 0 Å². The van der Waals surface area contributed by atoms with Gasteiger partial charge in [-0.3, -0.25) is 0 Å². The normalized spacial score (nSPS) is 27.5. The molecule has 0 spiro atoms. The van der Waals surface area contributed by atoms with Gasteiger partial charge in [0.05, 0.1) is 31.5 Å². The van der Waals surface area contributed by atoms with Gasteiger partial charge in [0.15, 0.2) is 0 Å². The summed E-state index contributed by atoms with van der Waals surface area (Å²) >= 11 is 0. The summed E-state index contributed by atoms with van der Waals surface area (Å²) in [5, 5.41) is 8.53. The van der Waals surface area contributed by atoms with Crippen molar-refractivity contribution >= 4 is 0 Å². The first kappa shape index (κ1) is 11.0. The summed E-state index contributed by atoms with van der Waals surface area (Å²) in [4.78, 5) is 0. The van der Waals surface area contributed by atoms with E-state index >= 15 is 0 Å². The molecule has 1 aliphatic heterocycles. The average Bonchev–Trinajstić information content (AvgIpc) is 2.03. The Morgan fingerprint density at radius 1 is 1.54 bits per heavy atom. The van der Waals surface area contributed by atoms with Crippen LogP contribution in [0.2, 0.25) is 0 Å². The van der Waals surface area contributed by atoms with Gasteiger partial charge in [0.2, 0.25) is 0 Å². The maximum atomic E-state index is 8.53. The Hall–Kier alpha value is -0.120. The van der Waals surface area contributed by atoms with Gasteiger partial charge in [-0.15, -0.1) is 0 Å². The zero-order chi connectivity index (χ0) is 9.73. The summed E-state index contributed by atoms with van der Waals surface area (Å²) in [6.45, 7) is 5.36. The summed E-state index contributed by atoms with van der Waals surface area (Å²) in [5.41, 5.74) is 0.00545. The smallest absolute Gasteiger partial charge is 0.0815 e. The van der Waals surface area contributed by atoms with E-state index in [1.54, 1.807) is 0 Å². The van der Waals surface area contributed by atoms with Crippen LogP contribution in [-0.4, -0.2) is 36.6 Å². The van der Waals surface area contributed by atoms with Gasteiger partial charge in [0, 0.05) is 0 Å². The van der Waals surface area contributed by atoms with Gasteiger partial charge in [-0.1, -0.05) is 0 Å². The highest BCUT2D eigenvalue weighted by molar-refractivity contribution is 4.77. The van der Waals surface area contributed by atoms with Crippen molar-refractivity contribution in [3.63, 3.8) is 0 Å². The zero-order valence-electron chi connectivity index (χ0n) is 8.58. The maximum Gasteiger partial charge on any atom is 0.0815 e. The van der Waals surface area contributed by atoms with E-state index in [9.17, 15) is 0 Å². The summed E-state index contributed by atoms with van der Waals surface area (Å²) < 4.78 is 11.1. The largest absolute Gasteiger partial charge is 0.394 e. The predicted octanol–water partition coefficient (Wildman–Crippen LogP) is 1.34. The molecule has 3 nitrogen and oxygen atoms in total. The lowest BCUT2D eigenvalue weighted by molar-refractivity contribution is -0.132. The van der Waals surface area contributed by atoms with Gasteiger partial charge in [-0.2, -0.15) is 0 Å². The summed E-state index contributed by atoms with van der Waals surface area (Å²) in [6, 6.07) is 0. The molecule has 13 heavy (non-hydrogen) atoms. The van der Waals surface area contributed by atoms with E-state index in [-0.39, 0.29) is 18.3 Å². The monoisotopic (exact) mass is 188 g/mol. The van der Waals surface area contributed by atoms with Crippen molar-refractivity contribution < 1.29 is 14.6 Å². The average molecular weight is 188 g/mol. The van der Waals surface area contributed by atoms with Gasteiger partial charge in [-0.25, -0.2) is 0 Å². The summed E-state index contributed by atoms with van der Waals surface area (Å²) in [6.07, 6.45) is 3.63. The Balaban J connectivity index is 2.19. The van der Waals surface area contributed by atoms with Crippen molar-refractivity contribution in [2.24, 2.45) is 0 Å². The van der Waals surface area contributed by atoms with E-state index in [2.05, 4.69) is 13.8 Å². The SMILES string of the molecule is CC1(C)CCCC(COCCO)O1. The predicted molar refractivity (Wildman–Crippen MR) is 50.7 cm³/mol. The topological polar surface area (TPSA) is 38.7 Å². The Labute approximate surface area is 80.0 Å². The molecule has 1 N–H and O–H groups in total. The molecular formula is C10H20O3. The van der Waals surface area contributed by atoms with Gasteiger partial charge in [0.25, 0.3) is 0 Å². The first-order valence-electron chi connectivity index (χ1n) is 5.00. The molecule has 78 valence electrons. The minimum atomic E-state index is 0.00545. The Bertz CT molecular complexity index is 145. The number of aliphatic hydroxyl groups is 1. The van der Waals surface area contributed by atoms with Crippen LogP contribution < -0.4 is 0 Å². The summed E-state index contributed by atoms with van der Waals surface area (Å²) in [7, 11) is 0. The van der Waals surface area contributed by atoms with Gasteiger partial charge in [0.1, 0.15) is 0 Å². The highest BCUT2D eigenvalue weighted by Crippen LogP contribution is 2.27. The second kappa shape index (κ2) is 4.94. The molecule has 0 radical (unpaired) electrons. The van der Waals surface area contributed by atoms with Crippen LogP contribution in [0, 0.1) is 0 Å². The number of hydrogen-bond acceptors (Lipinski definition) is 3. The molecule has 0 aromatic rings. The molecule has 0 amide bonds. The van der Waals surface area contributed by atoms with E-state index in [1.807, 2.05) is 0 Å². The Kier molecular flexibility index (Phi) is 4.16. The van der Waals surface area contributed by atoms with E-state index in [4.69, 9.17) is 14.6 Å². The lowest BCUT2D eigenvalue weighted by Crippen LogP contribution is -2.37. The van der Waals surface area contributed by atoms with Gasteiger partial charge >= 0.3 is 0 Å². The molecule has 1 atom stereocenters. The molecule has 1 saturated heterocycles.